The summed E-state index contributed by atoms with van der Waals surface area (Å²) in [6.45, 7) is 4.52. The molecule has 0 atom stereocenters. The van der Waals surface area contributed by atoms with Gasteiger partial charge in [0.25, 0.3) is 0 Å². The summed E-state index contributed by atoms with van der Waals surface area (Å²) in [5, 5.41) is 9.17. The molecule has 0 aliphatic heterocycles. The van der Waals surface area contributed by atoms with Gasteiger partial charge < -0.3 is 9.30 Å². The molecule has 0 bridgehead atoms. The number of thioether (sulfide) groups is 1. The van der Waals surface area contributed by atoms with Crippen molar-refractivity contribution in [2.75, 3.05) is 5.75 Å². The molecule has 0 saturated carbocycles. The molecule has 0 aliphatic carbocycles. The van der Waals surface area contributed by atoms with Gasteiger partial charge in [-0.3, -0.25) is 0 Å². The third-order valence-electron chi connectivity index (χ3n) is 4.48. The van der Waals surface area contributed by atoms with Crippen LogP contribution < -0.4 is 4.74 Å². The van der Waals surface area contributed by atoms with E-state index in [0.29, 0.717) is 5.52 Å². The quantitative estimate of drug-likeness (QED) is 0.467. The van der Waals surface area contributed by atoms with Gasteiger partial charge in [0.2, 0.25) is 0 Å². The Morgan fingerprint density at radius 3 is 2.53 bits per heavy atom. The molecule has 0 amide bonds. The number of ether oxygens (including phenoxy) is 1. The van der Waals surface area contributed by atoms with Gasteiger partial charge in [-0.25, -0.2) is 18.4 Å². The highest BCUT2D eigenvalue weighted by atomic mass is 32.2. The van der Waals surface area contributed by atoms with Gasteiger partial charge in [-0.2, -0.15) is 18.4 Å². The molecular weight excluding hydrogens is 465 g/mol. The number of imidazole rings is 1. The van der Waals surface area contributed by atoms with Crippen molar-refractivity contribution in [1.82, 2.24) is 14.5 Å². The van der Waals surface area contributed by atoms with E-state index in [4.69, 9.17) is 4.74 Å². The molecule has 3 rings (SSSR count). The van der Waals surface area contributed by atoms with Crippen molar-refractivity contribution in [3.63, 3.8) is 0 Å². The highest BCUT2D eigenvalue weighted by Crippen LogP contribution is 2.38. The first-order valence-electron chi connectivity index (χ1n) is 9.32. The number of aromatic nitrogens is 3. The predicted molar refractivity (Wildman–Crippen MR) is 114 cm³/mol. The summed E-state index contributed by atoms with van der Waals surface area (Å²) >= 11 is -0.257. The number of halogens is 3. The number of rotatable bonds is 6. The van der Waals surface area contributed by atoms with Crippen LogP contribution in [0, 0.1) is 11.3 Å². The first-order valence-corrected chi connectivity index (χ1v) is 11.8. The molecule has 0 fully saturated rings. The zero-order valence-electron chi connectivity index (χ0n) is 17.6. The van der Waals surface area contributed by atoms with Crippen LogP contribution in [0.3, 0.4) is 0 Å². The Morgan fingerprint density at radius 1 is 1.25 bits per heavy atom. The van der Waals surface area contributed by atoms with Crippen LogP contribution in [0.4, 0.5) is 13.2 Å². The molecule has 0 saturated heterocycles. The molecule has 0 radical (unpaired) electrons. The van der Waals surface area contributed by atoms with E-state index in [9.17, 15) is 26.9 Å². The van der Waals surface area contributed by atoms with Crippen LogP contribution >= 0.6 is 11.8 Å². The Balaban J connectivity index is 2.17. The van der Waals surface area contributed by atoms with E-state index in [2.05, 4.69) is 9.97 Å². The zero-order valence-corrected chi connectivity index (χ0v) is 19.2. The lowest BCUT2D eigenvalue weighted by molar-refractivity contribution is -0.0328. The van der Waals surface area contributed by atoms with Crippen LogP contribution in [0.15, 0.2) is 40.3 Å². The van der Waals surface area contributed by atoms with Crippen LogP contribution in [-0.4, -0.2) is 39.8 Å². The van der Waals surface area contributed by atoms with Crippen molar-refractivity contribution in [3.05, 3.63) is 30.5 Å². The van der Waals surface area contributed by atoms with Crippen LogP contribution in [-0.2, 0) is 16.9 Å². The fourth-order valence-electron chi connectivity index (χ4n) is 2.95. The van der Waals surface area contributed by atoms with Crippen LogP contribution in [0.5, 0.6) is 5.75 Å². The lowest BCUT2D eigenvalue weighted by Crippen LogP contribution is -2.25. The van der Waals surface area contributed by atoms with Crippen molar-refractivity contribution in [3.8, 4) is 23.3 Å². The Hall–Kier alpha value is -2.78. The maximum Gasteiger partial charge on any atom is 0.446 e. The summed E-state index contributed by atoms with van der Waals surface area (Å²) in [6, 6.07) is 7.34. The van der Waals surface area contributed by atoms with Gasteiger partial charge in [-0.15, -0.1) is 0 Å². The van der Waals surface area contributed by atoms with Crippen molar-refractivity contribution >= 4 is 32.6 Å². The third kappa shape index (κ3) is 4.99. The minimum Gasteiger partial charge on any atom is -0.471 e. The number of aryl methyl sites for hydroxylation is 1. The van der Waals surface area contributed by atoms with E-state index >= 15 is 0 Å². The van der Waals surface area contributed by atoms with E-state index in [-0.39, 0.29) is 50.1 Å². The molecule has 7 nitrogen and oxygen atoms in total. The molecule has 170 valence electrons. The molecule has 1 aromatic carbocycles. The number of fused-ring (bicyclic) bond motifs is 1. The molecule has 2 aromatic heterocycles. The SMILES string of the molecule is CCS(=O)(=O)c1cc(OC(C)(C)C#N)cnc1-c1nc2cc(SC(F)(F)F)ccc2n1C. The molecule has 0 spiro atoms. The van der Waals surface area contributed by atoms with E-state index in [1.165, 1.54) is 51.2 Å². The Labute approximate surface area is 187 Å². The molecule has 2 heterocycles. The molecule has 3 aromatic rings. The summed E-state index contributed by atoms with van der Waals surface area (Å²) in [4.78, 5) is 8.42. The fourth-order valence-corrected chi connectivity index (χ4v) is 4.57. The van der Waals surface area contributed by atoms with Gasteiger partial charge in [0, 0.05) is 18.0 Å². The van der Waals surface area contributed by atoms with E-state index in [0.717, 1.165) is 0 Å². The third-order valence-corrected chi connectivity index (χ3v) is 6.95. The minimum atomic E-state index is -4.44. The Morgan fingerprint density at radius 2 is 1.94 bits per heavy atom. The predicted octanol–water partition coefficient (Wildman–Crippen LogP) is 4.72. The molecule has 12 heteroatoms. The average molecular weight is 485 g/mol. The van der Waals surface area contributed by atoms with Crippen molar-refractivity contribution in [2.24, 2.45) is 7.05 Å². The van der Waals surface area contributed by atoms with Crippen LogP contribution in [0.25, 0.3) is 22.6 Å². The lowest BCUT2D eigenvalue weighted by atomic mass is 10.2. The van der Waals surface area contributed by atoms with Gasteiger partial charge in [0.05, 0.1) is 23.0 Å². The van der Waals surface area contributed by atoms with Crippen molar-refractivity contribution < 1.29 is 26.3 Å². The Bertz CT molecular complexity index is 1330. The standard InChI is InChI=1S/C20H19F3N4O3S2/c1-5-32(28,29)16-8-12(30-19(2,3)11-24)10-25-17(16)18-26-14-9-13(31-20(21,22)23)6-7-15(14)27(18)4/h6-10H,5H2,1-4H3. The molecular formula is C20H19F3N4O3S2. The van der Waals surface area contributed by atoms with E-state index in [1.54, 1.807) is 11.6 Å². The normalized spacial score (nSPS) is 12.7. The number of sulfone groups is 1. The second-order valence-electron chi connectivity index (χ2n) is 7.34. The maximum absolute atomic E-state index is 12.8. The summed E-state index contributed by atoms with van der Waals surface area (Å²) in [7, 11) is -2.16. The summed E-state index contributed by atoms with van der Waals surface area (Å²) < 4.78 is 70.9. The highest BCUT2D eigenvalue weighted by Gasteiger charge is 2.30. The van der Waals surface area contributed by atoms with E-state index < -0.39 is 20.9 Å². The fraction of sp³-hybridized carbons (Fsp3) is 0.350. The average Bonchev–Trinajstić information content (AvgIpc) is 3.02. The number of nitriles is 1. The monoisotopic (exact) mass is 484 g/mol. The summed E-state index contributed by atoms with van der Waals surface area (Å²) in [6.07, 6.45) is 1.29. The number of pyridine rings is 1. The minimum absolute atomic E-state index is 0.0357. The van der Waals surface area contributed by atoms with E-state index in [1.807, 2.05) is 6.07 Å². The molecule has 0 aliphatic rings. The van der Waals surface area contributed by atoms with Crippen LogP contribution in [0.1, 0.15) is 20.8 Å². The number of hydrogen-bond donors (Lipinski definition) is 0. The maximum atomic E-state index is 12.8. The van der Waals surface area contributed by atoms with Gasteiger partial charge in [-0.1, -0.05) is 6.92 Å². The largest absolute Gasteiger partial charge is 0.471 e. The highest BCUT2D eigenvalue weighted by molar-refractivity contribution is 8.00. The second kappa shape index (κ2) is 8.29. The topological polar surface area (TPSA) is 97.9 Å². The zero-order chi connectivity index (χ0) is 23.9. The number of hydrogen-bond acceptors (Lipinski definition) is 7. The van der Waals surface area contributed by atoms with Gasteiger partial charge >= 0.3 is 5.51 Å². The van der Waals surface area contributed by atoms with Crippen molar-refractivity contribution in [1.29, 1.82) is 5.26 Å². The first-order chi connectivity index (χ1) is 14.8. The number of benzene rings is 1. The van der Waals surface area contributed by atoms with Crippen molar-refractivity contribution in [2.45, 2.75) is 41.7 Å². The summed E-state index contributed by atoms with van der Waals surface area (Å²) in [5.41, 5.74) is -4.83. The molecule has 32 heavy (non-hydrogen) atoms. The lowest BCUT2D eigenvalue weighted by Gasteiger charge is -2.19. The summed E-state index contributed by atoms with van der Waals surface area (Å²) in [5.74, 6) is 0.0468. The first kappa shape index (κ1) is 23.9. The molecule has 0 unspecified atom stereocenters. The number of nitrogens with zero attached hydrogens (tertiary/aromatic N) is 4. The molecule has 0 N–H and O–H groups in total. The Kier molecular flexibility index (Phi) is 6.19. The van der Waals surface area contributed by atoms with Crippen LogP contribution in [0.2, 0.25) is 0 Å². The number of alkyl halides is 3. The second-order valence-corrected chi connectivity index (χ2v) is 10.7. The van der Waals surface area contributed by atoms with Gasteiger partial charge in [0.1, 0.15) is 22.4 Å². The van der Waals surface area contributed by atoms with Gasteiger partial charge in [-0.05, 0) is 43.8 Å². The smallest absolute Gasteiger partial charge is 0.446 e. The van der Waals surface area contributed by atoms with Gasteiger partial charge in [0.15, 0.2) is 21.3 Å².